The van der Waals surface area contributed by atoms with Crippen LogP contribution in [0.1, 0.15) is 19.3 Å². The zero-order valence-electron chi connectivity index (χ0n) is 8.27. The molecule has 1 atom stereocenters. The van der Waals surface area contributed by atoms with Crippen molar-refractivity contribution in [1.82, 2.24) is 0 Å². The van der Waals surface area contributed by atoms with Crippen molar-refractivity contribution >= 4 is 8.07 Å². The molecule has 0 aliphatic carbocycles. The van der Waals surface area contributed by atoms with E-state index in [1.54, 1.807) is 0 Å². The van der Waals surface area contributed by atoms with Crippen LogP contribution in [0.2, 0.25) is 25.2 Å². The van der Waals surface area contributed by atoms with Gasteiger partial charge in [-0.3, -0.25) is 0 Å². The lowest BCUT2D eigenvalue weighted by atomic mass is 9.95. The van der Waals surface area contributed by atoms with Gasteiger partial charge in [-0.2, -0.15) is 0 Å². The number of hydrogen-bond acceptors (Lipinski definition) is 2. The predicted molar refractivity (Wildman–Crippen MR) is 55.0 cm³/mol. The molecule has 0 unspecified atom stereocenters. The lowest BCUT2D eigenvalue weighted by Gasteiger charge is -2.25. The highest BCUT2D eigenvalue weighted by molar-refractivity contribution is 6.77. The fraction of sp³-hybridized carbons (Fsp3) is 1.00. The summed E-state index contributed by atoms with van der Waals surface area (Å²) in [5.41, 5.74) is 5.03. The fourth-order valence-electron chi connectivity index (χ4n) is 1.92. The Kier molecular flexibility index (Phi) is 2.96. The van der Waals surface area contributed by atoms with Gasteiger partial charge in [0.1, 0.15) is 0 Å². The Morgan fingerprint density at radius 3 is 2.58 bits per heavy atom. The SMILES string of the molecule is C[Si]1(C)CCC[C@](O)(CN)CC1. The third-order valence-corrected chi connectivity index (χ3v) is 6.45. The maximum absolute atomic E-state index is 9.99. The highest BCUT2D eigenvalue weighted by Gasteiger charge is 2.33. The minimum absolute atomic E-state index is 0.442. The van der Waals surface area contributed by atoms with Crippen LogP contribution < -0.4 is 5.73 Å². The molecular weight excluding hydrogens is 166 g/mol. The van der Waals surface area contributed by atoms with Gasteiger partial charge in [0.05, 0.1) is 5.60 Å². The average molecular weight is 187 g/mol. The molecule has 0 aromatic carbocycles. The van der Waals surface area contributed by atoms with Crippen molar-refractivity contribution in [2.75, 3.05) is 6.54 Å². The van der Waals surface area contributed by atoms with Crippen LogP contribution in [0.3, 0.4) is 0 Å². The van der Waals surface area contributed by atoms with Gasteiger partial charge < -0.3 is 10.8 Å². The van der Waals surface area contributed by atoms with Gasteiger partial charge in [-0.1, -0.05) is 31.6 Å². The topological polar surface area (TPSA) is 46.2 Å². The first-order valence-electron chi connectivity index (χ1n) is 4.90. The van der Waals surface area contributed by atoms with Crippen molar-refractivity contribution in [2.24, 2.45) is 5.73 Å². The van der Waals surface area contributed by atoms with Crippen molar-refractivity contribution in [3.63, 3.8) is 0 Å². The molecule has 0 bridgehead atoms. The molecule has 0 spiro atoms. The summed E-state index contributed by atoms with van der Waals surface area (Å²) < 4.78 is 0. The van der Waals surface area contributed by atoms with Gasteiger partial charge in [0.2, 0.25) is 0 Å². The van der Waals surface area contributed by atoms with Crippen LogP contribution >= 0.6 is 0 Å². The van der Waals surface area contributed by atoms with E-state index in [0.29, 0.717) is 6.54 Å². The summed E-state index contributed by atoms with van der Waals surface area (Å²) >= 11 is 0. The molecule has 1 aliphatic heterocycles. The first-order valence-corrected chi connectivity index (χ1v) is 8.31. The maximum Gasteiger partial charge on any atom is 0.0766 e. The van der Waals surface area contributed by atoms with Crippen LogP contribution in [0.15, 0.2) is 0 Å². The normalized spacial score (nSPS) is 36.0. The largest absolute Gasteiger partial charge is 0.389 e. The molecule has 1 aliphatic rings. The molecule has 1 rings (SSSR count). The highest BCUT2D eigenvalue weighted by atomic mass is 28.3. The predicted octanol–water partition coefficient (Wildman–Crippen LogP) is 1.57. The summed E-state index contributed by atoms with van der Waals surface area (Å²) in [5, 5.41) is 9.99. The van der Waals surface area contributed by atoms with E-state index in [0.717, 1.165) is 12.8 Å². The van der Waals surface area contributed by atoms with Crippen LogP contribution in [0.5, 0.6) is 0 Å². The van der Waals surface area contributed by atoms with Crippen molar-refractivity contribution < 1.29 is 5.11 Å². The zero-order chi connectivity index (χ0) is 9.24. The molecule has 0 aromatic heterocycles. The Labute approximate surface area is 76.2 Å². The van der Waals surface area contributed by atoms with Gasteiger partial charge in [0, 0.05) is 14.6 Å². The monoisotopic (exact) mass is 187 g/mol. The van der Waals surface area contributed by atoms with Gasteiger partial charge in [-0.25, -0.2) is 0 Å². The average Bonchev–Trinajstić information content (AvgIpc) is 2.13. The number of aliphatic hydroxyl groups is 1. The van der Waals surface area contributed by atoms with E-state index in [9.17, 15) is 5.11 Å². The van der Waals surface area contributed by atoms with Crippen LogP contribution in [0.4, 0.5) is 0 Å². The van der Waals surface area contributed by atoms with Crippen molar-refractivity contribution in [3.8, 4) is 0 Å². The highest BCUT2D eigenvalue weighted by Crippen LogP contribution is 2.32. The van der Waals surface area contributed by atoms with Crippen molar-refractivity contribution in [2.45, 2.75) is 50.0 Å². The number of hydrogen-bond donors (Lipinski definition) is 2. The Balaban J connectivity index is 2.56. The Morgan fingerprint density at radius 2 is 2.00 bits per heavy atom. The van der Waals surface area contributed by atoms with E-state index in [2.05, 4.69) is 13.1 Å². The van der Waals surface area contributed by atoms with Gasteiger partial charge in [0.15, 0.2) is 0 Å². The van der Waals surface area contributed by atoms with E-state index in [-0.39, 0.29) is 0 Å². The van der Waals surface area contributed by atoms with Crippen molar-refractivity contribution in [1.29, 1.82) is 0 Å². The van der Waals surface area contributed by atoms with Gasteiger partial charge in [-0.05, 0) is 12.8 Å². The first kappa shape index (κ1) is 10.2. The Bertz CT molecular complexity index is 161. The van der Waals surface area contributed by atoms with E-state index in [1.165, 1.54) is 18.5 Å². The number of nitrogens with two attached hydrogens (primary N) is 1. The fourth-order valence-corrected chi connectivity index (χ4v) is 4.45. The third-order valence-electron chi connectivity index (χ3n) is 3.14. The second-order valence-electron chi connectivity index (χ2n) is 4.95. The van der Waals surface area contributed by atoms with E-state index < -0.39 is 13.7 Å². The molecule has 0 radical (unpaired) electrons. The minimum Gasteiger partial charge on any atom is -0.389 e. The lowest BCUT2D eigenvalue weighted by Crippen LogP contribution is -2.37. The molecule has 2 nitrogen and oxygen atoms in total. The standard InChI is InChI=1S/C9H21NOSi/c1-12(2)6-3-4-9(11,8-10)5-7-12/h11H,3-8,10H2,1-2H3/t9-/m1/s1. The van der Waals surface area contributed by atoms with E-state index in [1.807, 2.05) is 0 Å². The molecule has 1 saturated heterocycles. The molecule has 0 saturated carbocycles. The van der Waals surface area contributed by atoms with Crippen LogP contribution in [-0.4, -0.2) is 25.3 Å². The summed E-state index contributed by atoms with van der Waals surface area (Å²) in [6.45, 7) is 5.27. The summed E-state index contributed by atoms with van der Waals surface area (Å²) in [5.74, 6) is 0. The van der Waals surface area contributed by atoms with Crippen molar-refractivity contribution in [3.05, 3.63) is 0 Å². The van der Waals surface area contributed by atoms with Gasteiger partial charge in [0.25, 0.3) is 0 Å². The smallest absolute Gasteiger partial charge is 0.0766 e. The van der Waals surface area contributed by atoms with E-state index in [4.69, 9.17) is 5.73 Å². The molecule has 72 valence electrons. The molecule has 3 heteroatoms. The van der Waals surface area contributed by atoms with Crippen LogP contribution in [-0.2, 0) is 0 Å². The molecule has 1 fully saturated rings. The molecular formula is C9H21NOSi. The molecule has 0 aromatic rings. The summed E-state index contributed by atoms with van der Waals surface area (Å²) in [4.78, 5) is 0. The third kappa shape index (κ3) is 2.57. The summed E-state index contributed by atoms with van der Waals surface area (Å²) in [6, 6.07) is 2.59. The summed E-state index contributed by atoms with van der Waals surface area (Å²) in [6.07, 6.45) is 3.02. The molecule has 3 N–H and O–H groups in total. The summed E-state index contributed by atoms with van der Waals surface area (Å²) in [7, 11) is -0.961. The minimum atomic E-state index is -0.961. The lowest BCUT2D eigenvalue weighted by molar-refractivity contribution is 0.0376. The van der Waals surface area contributed by atoms with Crippen LogP contribution in [0.25, 0.3) is 0 Å². The maximum atomic E-state index is 9.99. The zero-order valence-corrected chi connectivity index (χ0v) is 9.27. The Hall–Kier alpha value is 0.137. The molecule has 12 heavy (non-hydrogen) atoms. The quantitative estimate of drug-likeness (QED) is 0.612. The van der Waals surface area contributed by atoms with Gasteiger partial charge >= 0.3 is 0 Å². The second kappa shape index (κ2) is 3.48. The second-order valence-corrected chi connectivity index (χ2v) is 10.3. The Morgan fingerprint density at radius 1 is 1.33 bits per heavy atom. The first-order chi connectivity index (χ1) is 5.47. The van der Waals surface area contributed by atoms with Crippen LogP contribution in [0, 0.1) is 0 Å². The molecule has 0 amide bonds. The molecule has 1 heterocycles. The van der Waals surface area contributed by atoms with E-state index >= 15 is 0 Å². The number of rotatable bonds is 1. The van der Waals surface area contributed by atoms with Gasteiger partial charge in [-0.15, -0.1) is 0 Å².